The summed E-state index contributed by atoms with van der Waals surface area (Å²) in [6.45, 7) is 0. The molecule has 0 aliphatic carbocycles. The summed E-state index contributed by atoms with van der Waals surface area (Å²) in [5.41, 5.74) is -0.458. The van der Waals surface area contributed by atoms with Crippen LogP contribution in [0.3, 0.4) is 0 Å². The number of rotatable bonds is 0. The van der Waals surface area contributed by atoms with E-state index < -0.39 is 11.7 Å². The van der Waals surface area contributed by atoms with Crippen molar-refractivity contribution in [1.29, 1.82) is 0 Å². The molecule has 0 fully saturated rings. The highest BCUT2D eigenvalue weighted by Crippen LogP contribution is 2.33. The molecular weight excluding hydrogens is 161 g/mol. The van der Waals surface area contributed by atoms with Crippen molar-refractivity contribution in [2.75, 3.05) is 0 Å². The SMILES string of the molecule is FC(F)(F)C1=CSC=CC1. The molecule has 0 bridgehead atoms. The van der Waals surface area contributed by atoms with E-state index >= 15 is 0 Å². The molecule has 0 unspecified atom stereocenters. The van der Waals surface area contributed by atoms with Crippen LogP contribution in [0, 0.1) is 0 Å². The van der Waals surface area contributed by atoms with Gasteiger partial charge in [-0.3, -0.25) is 0 Å². The molecule has 1 aliphatic rings. The van der Waals surface area contributed by atoms with Gasteiger partial charge in [0.1, 0.15) is 0 Å². The molecule has 0 aromatic carbocycles. The maximum atomic E-state index is 11.8. The molecule has 4 heteroatoms. The minimum atomic E-state index is -4.14. The maximum absolute atomic E-state index is 11.8. The molecule has 0 atom stereocenters. The lowest BCUT2D eigenvalue weighted by Gasteiger charge is -2.10. The predicted molar refractivity (Wildman–Crippen MR) is 35.5 cm³/mol. The summed E-state index contributed by atoms with van der Waals surface area (Å²) in [7, 11) is 0. The highest BCUT2D eigenvalue weighted by atomic mass is 32.2. The van der Waals surface area contributed by atoms with Crippen LogP contribution in [0.1, 0.15) is 6.42 Å². The van der Waals surface area contributed by atoms with E-state index in [-0.39, 0.29) is 6.42 Å². The summed E-state index contributed by atoms with van der Waals surface area (Å²) < 4.78 is 35.5. The first-order valence-corrected chi connectivity index (χ1v) is 3.61. The molecule has 1 heterocycles. The van der Waals surface area contributed by atoms with Crippen molar-refractivity contribution in [2.24, 2.45) is 0 Å². The highest BCUT2D eigenvalue weighted by Gasteiger charge is 2.32. The van der Waals surface area contributed by atoms with Gasteiger partial charge < -0.3 is 0 Å². The quantitative estimate of drug-likeness (QED) is 0.532. The molecule has 0 saturated carbocycles. The molecule has 0 amide bonds. The van der Waals surface area contributed by atoms with Gasteiger partial charge in [-0.05, 0) is 17.2 Å². The third kappa shape index (κ3) is 1.80. The molecule has 0 radical (unpaired) electrons. The zero-order chi connectivity index (χ0) is 7.61. The lowest BCUT2D eigenvalue weighted by Crippen LogP contribution is -2.11. The molecule has 0 aromatic heterocycles. The second kappa shape index (κ2) is 2.70. The van der Waals surface area contributed by atoms with Crippen LogP contribution in [-0.4, -0.2) is 6.18 Å². The molecule has 0 N–H and O–H groups in total. The van der Waals surface area contributed by atoms with E-state index in [1.807, 2.05) is 0 Å². The highest BCUT2D eigenvalue weighted by molar-refractivity contribution is 8.04. The average molecular weight is 166 g/mol. The summed E-state index contributed by atoms with van der Waals surface area (Å²) in [5.74, 6) is 0. The van der Waals surface area contributed by atoms with Gasteiger partial charge in [0, 0.05) is 5.57 Å². The van der Waals surface area contributed by atoms with Crippen LogP contribution in [0.15, 0.2) is 22.5 Å². The molecule has 0 nitrogen and oxygen atoms in total. The Kier molecular flexibility index (Phi) is 2.08. The zero-order valence-electron chi connectivity index (χ0n) is 4.98. The smallest absolute Gasteiger partial charge is 0.166 e. The second-order valence-corrected chi connectivity index (χ2v) is 2.63. The predicted octanol–water partition coefficient (Wildman–Crippen LogP) is 3.08. The molecule has 56 valence electrons. The van der Waals surface area contributed by atoms with Crippen molar-refractivity contribution in [2.45, 2.75) is 12.6 Å². The third-order valence-corrected chi connectivity index (χ3v) is 1.86. The van der Waals surface area contributed by atoms with Gasteiger partial charge in [0.25, 0.3) is 0 Å². The zero-order valence-corrected chi connectivity index (χ0v) is 5.80. The average Bonchev–Trinajstić information content (AvgIpc) is 1.88. The first-order chi connectivity index (χ1) is 4.61. The number of alkyl halides is 3. The van der Waals surface area contributed by atoms with Crippen molar-refractivity contribution in [1.82, 2.24) is 0 Å². The van der Waals surface area contributed by atoms with Crippen molar-refractivity contribution in [3.63, 3.8) is 0 Å². The van der Waals surface area contributed by atoms with E-state index in [4.69, 9.17) is 0 Å². The molecule has 1 rings (SSSR count). The van der Waals surface area contributed by atoms with Gasteiger partial charge in [0.2, 0.25) is 0 Å². The van der Waals surface area contributed by atoms with Gasteiger partial charge in [0.05, 0.1) is 0 Å². The van der Waals surface area contributed by atoms with Gasteiger partial charge in [-0.1, -0.05) is 6.08 Å². The maximum Gasteiger partial charge on any atom is 0.413 e. The van der Waals surface area contributed by atoms with Crippen LogP contribution in [0.5, 0.6) is 0 Å². The van der Waals surface area contributed by atoms with E-state index in [1.54, 1.807) is 5.41 Å². The van der Waals surface area contributed by atoms with Gasteiger partial charge in [-0.15, -0.1) is 11.8 Å². The minimum absolute atomic E-state index is 0.0104. The summed E-state index contributed by atoms with van der Waals surface area (Å²) >= 11 is 1.07. The van der Waals surface area contributed by atoms with E-state index in [1.165, 1.54) is 6.08 Å². The largest absolute Gasteiger partial charge is 0.413 e. The molecule has 10 heavy (non-hydrogen) atoms. The number of hydrogen-bond donors (Lipinski definition) is 0. The van der Waals surface area contributed by atoms with Crippen LogP contribution >= 0.6 is 11.8 Å². The Balaban J connectivity index is 2.65. The van der Waals surface area contributed by atoms with Gasteiger partial charge in [-0.25, -0.2) is 0 Å². The Morgan fingerprint density at radius 2 is 2.10 bits per heavy atom. The van der Waals surface area contributed by atoms with Gasteiger partial charge >= 0.3 is 6.18 Å². The second-order valence-electron chi connectivity index (χ2n) is 1.85. The molecule has 0 aromatic rings. The van der Waals surface area contributed by atoms with Gasteiger partial charge in [0.15, 0.2) is 0 Å². The monoisotopic (exact) mass is 166 g/mol. The van der Waals surface area contributed by atoms with E-state index in [0.29, 0.717) is 0 Å². The lowest BCUT2D eigenvalue weighted by atomic mass is 10.2. The van der Waals surface area contributed by atoms with Crippen molar-refractivity contribution in [3.8, 4) is 0 Å². The van der Waals surface area contributed by atoms with Crippen LogP contribution in [0.2, 0.25) is 0 Å². The Labute approximate surface area is 60.8 Å². The normalized spacial score (nSPS) is 18.9. The minimum Gasteiger partial charge on any atom is -0.166 e. The molecule has 0 saturated heterocycles. The molecule has 1 aliphatic heterocycles. The summed E-state index contributed by atoms with van der Waals surface area (Å²) in [6.07, 6.45) is -2.62. The van der Waals surface area contributed by atoms with Crippen LogP contribution in [-0.2, 0) is 0 Å². The topological polar surface area (TPSA) is 0 Å². The van der Waals surface area contributed by atoms with Crippen LogP contribution < -0.4 is 0 Å². The number of hydrogen-bond acceptors (Lipinski definition) is 1. The summed E-state index contributed by atoms with van der Waals surface area (Å²) in [4.78, 5) is 0. The van der Waals surface area contributed by atoms with E-state index in [2.05, 4.69) is 0 Å². The van der Waals surface area contributed by atoms with Crippen LogP contribution in [0.4, 0.5) is 13.2 Å². The first kappa shape index (κ1) is 7.72. The fourth-order valence-electron chi connectivity index (χ4n) is 0.583. The Morgan fingerprint density at radius 3 is 2.40 bits per heavy atom. The lowest BCUT2D eigenvalue weighted by molar-refractivity contribution is -0.0927. The first-order valence-electron chi connectivity index (χ1n) is 2.67. The third-order valence-electron chi connectivity index (χ3n) is 1.09. The van der Waals surface area contributed by atoms with E-state index in [0.717, 1.165) is 17.2 Å². The van der Waals surface area contributed by atoms with E-state index in [9.17, 15) is 13.2 Å². The number of allylic oxidation sites excluding steroid dienone is 2. The fourth-order valence-corrected chi connectivity index (χ4v) is 1.26. The number of halogens is 3. The Bertz CT molecular complexity index is 178. The summed E-state index contributed by atoms with van der Waals surface area (Å²) in [5, 5.41) is 2.79. The standard InChI is InChI=1S/C6H5F3S/c7-6(8,9)5-2-1-3-10-4-5/h1,3-4H,2H2. The number of thioether (sulfide) groups is 1. The fraction of sp³-hybridized carbons (Fsp3) is 0.333. The van der Waals surface area contributed by atoms with Crippen molar-refractivity contribution < 1.29 is 13.2 Å². The Hall–Kier alpha value is -0.380. The van der Waals surface area contributed by atoms with Gasteiger partial charge in [-0.2, -0.15) is 13.2 Å². The molecule has 0 spiro atoms. The van der Waals surface area contributed by atoms with Crippen molar-refractivity contribution in [3.05, 3.63) is 22.5 Å². The van der Waals surface area contributed by atoms with Crippen molar-refractivity contribution >= 4 is 11.8 Å². The Morgan fingerprint density at radius 1 is 1.40 bits per heavy atom. The van der Waals surface area contributed by atoms with Crippen LogP contribution in [0.25, 0.3) is 0 Å². The summed E-state index contributed by atoms with van der Waals surface area (Å²) in [6, 6.07) is 0. The molecular formula is C6H5F3S.